The van der Waals surface area contributed by atoms with Gasteiger partial charge in [0.1, 0.15) is 5.82 Å². The van der Waals surface area contributed by atoms with E-state index >= 15 is 0 Å². The Morgan fingerprint density at radius 2 is 2.17 bits per heavy atom. The van der Waals surface area contributed by atoms with Crippen LogP contribution in [0.5, 0.6) is 0 Å². The number of carbonyl (C=O) groups is 1. The second-order valence-electron chi connectivity index (χ2n) is 6.43. The fourth-order valence-corrected chi connectivity index (χ4v) is 2.96. The third kappa shape index (κ3) is 3.44. The zero-order valence-corrected chi connectivity index (χ0v) is 14.5. The number of likely N-dealkylation sites (tertiary alicyclic amines) is 1. The molecule has 1 fully saturated rings. The molecule has 7 heteroatoms. The minimum absolute atomic E-state index is 0.212. The lowest BCUT2D eigenvalue weighted by Gasteiger charge is -2.32. The first kappa shape index (κ1) is 16.5. The number of amides is 1. The summed E-state index contributed by atoms with van der Waals surface area (Å²) in [6, 6.07) is 4.30. The normalized spacial score (nSPS) is 15.9. The van der Waals surface area contributed by atoms with E-state index in [-0.39, 0.29) is 6.09 Å². The van der Waals surface area contributed by atoms with Gasteiger partial charge >= 0.3 is 6.09 Å². The van der Waals surface area contributed by atoms with Crippen molar-refractivity contribution in [2.24, 2.45) is 0 Å². The van der Waals surface area contributed by atoms with Gasteiger partial charge in [0, 0.05) is 37.0 Å². The van der Waals surface area contributed by atoms with E-state index in [0.717, 1.165) is 30.0 Å². The molecule has 0 aromatic carbocycles. The van der Waals surface area contributed by atoms with Crippen LogP contribution in [0.15, 0.2) is 18.3 Å². The van der Waals surface area contributed by atoms with Crippen LogP contribution in [0.2, 0.25) is 0 Å². The largest absolute Gasteiger partial charge is 0.450 e. The van der Waals surface area contributed by atoms with Crippen molar-refractivity contribution in [1.29, 1.82) is 0 Å². The summed E-state index contributed by atoms with van der Waals surface area (Å²) in [5, 5.41) is 7.94. The van der Waals surface area contributed by atoms with Gasteiger partial charge in [0.25, 0.3) is 0 Å². The molecule has 24 heavy (non-hydrogen) atoms. The van der Waals surface area contributed by atoms with Gasteiger partial charge in [0.15, 0.2) is 5.65 Å². The van der Waals surface area contributed by atoms with E-state index in [0.29, 0.717) is 31.7 Å². The number of aromatic nitrogens is 3. The zero-order valence-electron chi connectivity index (χ0n) is 14.5. The van der Waals surface area contributed by atoms with Crippen LogP contribution < -0.4 is 5.32 Å². The molecule has 0 atom stereocenters. The quantitative estimate of drug-likeness (QED) is 0.933. The van der Waals surface area contributed by atoms with Crippen LogP contribution in [0, 0.1) is 0 Å². The topological polar surface area (TPSA) is 71.8 Å². The number of hydrogen-bond donors (Lipinski definition) is 1. The third-order valence-electron chi connectivity index (χ3n) is 4.34. The van der Waals surface area contributed by atoms with Crippen molar-refractivity contribution in [3.63, 3.8) is 0 Å². The van der Waals surface area contributed by atoms with Crippen molar-refractivity contribution in [2.75, 3.05) is 25.0 Å². The van der Waals surface area contributed by atoms with Gasteiger partial charge in [-0.1, -0.05) is 13.8 Å². The molecular formula is C17H25N5O2. The molecule has 3 rings (SSSR count). The summed E-state index contributed by atoms with van der Waals surface area (Å²) in [5.74, 6) is 1.32. The fourth-order valence-electron chi connectivity index (χ4n) is 2.96. The van der Waals surface area contributed by atoms with Crippen molar-refractivity contribution < 1.29 is 9.53 Å². The van der Waals surface area contributed by atoms with Crippen molar-refractivity contribution >= 4 is 17.6 Å². The van der Waals surface area contributed by atoms with Gasteiger partial charge in [-0.2, -0.15) is 9.61 Å². The molecule has 1 amide bonds. The Morgan fingerprint density at radius 1 is 1.42 bits per heavy atom. The first-order valence-electron chi connectivity index (χ1n) is 8.61. The van der Waals surface area contributed by atoms with Crippen LogP contribution in [-0.4, -0.2) is 51.3 Å². The number of piperidine rings is 1. The number of carbonyl (C=O) groups excluding carboxylic acids is 1. The highest BCUT2D eigenvalue weighted by Crippen LogP contribution is 2.22. The summed E-state index contributed by atoms with van der Waals surface area (Å²) in [7, 11) is 0. The number of hydrogen-bond acceptors (Lipinski definition) is 5. The Morgan fingerprint density at radius 3 is 2.83 bits per heavy atom. The van der Waals surface area contributed by atoms with E-state index in [2.05, 4.69) is 35.3 Å². The molecule has 1 aliphatic heterocycles. The molecule has 0 radical (unpaired) electrons. The molecule has 0 aliphatic carbocycles. The molecule has 0 unspecified atom stereocenters. The Kier molecular flexibility index (Phi) is 4.87. The van der Waals surface area contributed by atoms with Gasteiger partial charge < -0.3 is 15.0 Å². The third-order valence-corrected chi connectivity index (χ3v) is 4.34. The van der Waals surface area contributed by atoms with Gasteiger partial charge in [0.2, 0.25) is 0 Å². The first-order valence-corrected chi connectivity index (χ1v) is 8.61. The summed E-state index contributed by atoms with van der Waals surface area (Å²) in [5.41, 5.74) is 1.90. The van der Waals surface area contributed by atoms with Crippen molar-refractivity contribution in [2.45, 2.75) is 45.6 Å². The van der Waals surface area contributed by atoms with Crippen molar-refractivity contribution in [3.05, 3.63) is 24.0 Å². The molecule has 1 aliphatic rings. The highest BCUT2D eigenvalue weighted by Gasteiger charge is 2.24. The van der Waals surface area contributed by atoms with E-state index < -0.39 is 0 Å². The molecule has 0 saturated carbocycles. The standard InChI is InChI=1S/C17H25N5O2/c1-4-24-17(23)21-9-6-13(7-10-21)19-16-11-14(12(2)3)20-15-5-8-18-22(15)16/h5,8,11-13,19H,4,6-7,9-10H2,1-3H3. The van der Waals surface area contributed by atoms with Crippen LogP contribution in [0.25, 0.3) is 5.65 Å². The Bertz CT molecular complexity index is 704. The molecule has 130 valence electrons. The first-order chi connectivity index (χ1) is 11.6. The van der Waals surface area contributed by atoms with E-state index in [4.69, 9.17) is 4.74 Å². The minimum Gasteiger partial charge on any atom is -0.450 e. The van der Waals surface area contributed by atoms with E-state index in [9.17, 15) is 4.79 Å². The van der Waals surface area contributed by atoms with Gasteiger partial charge in [-0.25, -0.2) is 9.78 Å². The van der Waals surface area contributed by atoms with Crippen LogP contribution in [0.3, 0.4) is 0 Å². The Balaban J connectivity index is 1.70. The summed E-state index contributed by atoms with van der Waals surface area (Å²) >= 11 is 0. The fraction of sp³-hybridized carbons (Fsp3) is 0.588. The maximum absolute atomic E-state index is 11.8. The Hall–Kier alpha value is -2.31. The van der Waals surface area contributed by atoms with Crippen LogP contribution >= 0.6 is 0 Å². The predicted octanol–water partition coefficient (Wildman–Crippen LogP) is 2.89. The number of fused-ring (bicyclic) bond motifs is 1. The molecule has 1 N–H and O–H groups in total. The monoisotopic (exact) mass is 331 g/mol. The smallest absolute Gasteiger partial charge is 0.409 e. The van der Waals surface area contributed by atoms with Gasteiger partial charge in [0.05, 0.1) is 12.8 Å². The lowest BCUT2D eigenvalue weighted by Crippen LogP contribution is -2.42. The molecule has 3 heterocycles. The van der Waals surface area contributed by atoms with E-state index in [1.165, 1.54) is 0 Å². The molecule has 0 spiro atoms. The second kappa shape index (κ2) is 7.07. The molecule has 2 aromatic rings. The van der Waals surface area contributed by atoms with E-state index in [1.54, 1.807) is 11.1 Å². The number of anilines is 1. The second-order valence-corrected chi connectivity index (χ2v) is 6.43. The molecule has 7 nitrogen and oxygen atoms in total. The maximum Gasteiger partial charge on any atom is 0.409 e. The summed E-state index contributed by atoms with van der Waals surface area (Å²) in [6.07, 6.45) is 3.33. The lowest BCUT2D eigenvalue weighted by molar-refractivity contribution is 0.0983. The molecular weight excluding hydrogens is 306 g/mol. The van der Waals surface area contributed by atoms with Gasteiger partial charge in [-0.3, -0.25) is 0 Å². The summed E-state index contributed by atoms with van der Waals surface area (Å²) in [6.45, 7) is 7.94. The van der Waals surface area contributed by atoms with Crippen molar-refractivity contribution in [1.82, 2.24) is 19.5 Å². The highest BCUT2D eigenvalue weighted by atomic mass is 16.6. The SMILES string of the molecule is CCOC(=O)N1CCC(Nc2cc(C(C)C)nc3ccnn23)CC1. The van der Waals surface area contributed by atoms with E-state index in [1.807, 2.05) is 17.5 Å². The highest BCUT2D eigenvalue weighted by molar-refractivity contribution is 5.67. The maximum atomic E-state index is 11.8. The summed E-state index contributed by atoms with van der Waals surface area (Å²) < 4.78 is 6.91. The number of ether oxygens (including phenoxy) is 1. The predicted molar refractivity (Wildman–Crippen MR) is 92.3 cm³/mol. The van der Waals surface area contributed by atoms with Gasteiger partial charge in [-0.05, 0) is 25.7 Å². The van der Waals surface area contributed by atoms with Crippen LogP contribution in [0.1, 0.15) is 45.2 Å². The number of nitrogens with zero attached hydrogens (tertiary/aromatic N) is 4. The van der Waals surface area contributed by atoms with Crippen LogP contribution in [-0.2, 0) is 4.74 Å². The number of rotatable bonds is 4. The summed E-state index contributed by atoms with van der Waals surface area (Å²) in [4.78, 5) is 18.2. The van der Waals surface area contributed by atoms with Gasteiger partial charge in [-0.15, -0.1) is 0 Å². The Labute approximate surface area is 142 Å². The average molecular weight is 331 g/mol. The zero-order chi connectivity index (χ0) is 17.1. The average Bonchev–Trinajstić information content (AvgIpc) is 3.04. The van der Waals surface area contributed by atoms with Crippen molar-refractivity contribution in [3.8, 4) is 0 Å². The molecule has 1 saturated heterocycles. The van der Waals surface area contributed by atoms with Crippen LogP contribution in [0.4, 0.5) is 10.6 Å². The molecule has 0 bridgehead atoms. The molecule has 2 aromatic heterocycles. The lowest BCUT2D eigenvalue weighted by atomic mass is 10.1. The minimum atomic E-state index is -0.212. The number of nitrogens with one attached hydrogen (secondary N) is 1.